The summed E-state index contributed by atoms with van der Waals surface area (Å²) >= 11 is 0. The van der Waals surface area contributed by atoms with Gasteiger partial charge in [-0.25, -0.2) is 4.98 Å². The number of hydrogen-bond acceptors (Lipinski definition) is 3. The van der Waals surface area contributed by atoms with E-state index >= 15 is 0 Å². The van der Waals surface area contributed by atoms with E-state index in [1.165, 1.54) is 0 Å². The summed E-state index contributed by atoms with van der Waals surface area (Å²) in [6.07, 6.45) is 1.58. The number of carbonyl (C=O) groups is 1. The zero-order chi connectivity index (χ0) is 14.5. The second-order valence-electron chi connectivity index (χ2n) is 4.52. The lowest BCUT2D eigenvalue weighted by Crippen LogP contribution is -2.24. The van der Waals surface area contributed by atoms with Crippen LogP contribution in [0.25, 0.3) is 0 Å². The fraction of sp³-hybridized carbons (Fsp3) is 0.333. The number of nitrogens with one attached hydrogen (secondary N) is 1. The highest BCUT2D eigenvalue weighted by Crippen LogP contribution is 2.10. The van der Waals surface area contributed by atoms with Crippen molar-refractivity contribution in [3.63, 3.8) is 0 Å². The summed E-state index contributed by atoms with van der Waals surface area (Å²) in [5.41, 5.74) is 2.78. The summed E-state index contributed by atoms with van der Waals surface area (Å²) in [4.78, 5) is 16.1. The van der Waals surface area contributed by atoms with Crippen molar-refractivity contribution in [2.45, 2.75) is 20.4 Å². The molecule has 0 unspecified atom stereocenters. The predicted molar refractivity (Wildman–Crippen MR) is 76.7 cm³/mol. The molecule has 2 heterocycles. The van der Waals surface area contributed by atoms with Crippen molar-refractivity contribution in [3.05, 3.63) is 47.4 Å². The van der Waals surface area contributed by atoms with E-state index in [4.69, 9.17) is 4.74 Å². The van der Waals surface area contributed by atoms with Gasteiger partial charge in [0.1, 0.15) is 0 Å². The van der Waals surface area contributed by atoms with Gasteiger partial charge in [-0.2, -0.15) is 0 Å². The van der Waals surface area contributed by atoms with Crippen molar-refractivity contribution in [1.82, 2.24) is 14.9 Å². The SMILES string of the molecule is CCOc1cc(C(=O)NCc2ccc(C)n2C)ccn1. The Bertz CT molecular complexity index is 605. The second kappa shape index (κ2) is 6.23. The fourth-order valence-electron chi connectivity index (χ4n) is 1.89. The Kier molecular flexibility index (Phi) is 4.40. The molecule has 0 atom stereocenters. The van der Waals surface area contributed by atoms with Crippen molar-refractivity contribution >= 4 is 5.91 Å². The fourth-order valence-corrected chi connectivity index (χ4v) is 1.89. The van der Waals surface area contributed by atoms with Crippen LogP contribution in [0, 0.1) is 6.92 Å². The molecular weight excluding hydrogens is 254 g/mol. The van der Waals surface area contributed by atoms with Gasteiger partial charge in [0.2, 0.25) is 5.88 Å². The molecule has 0 bridgehead atoms. The van der Waals surface area contributed by atoms with Crippen molar-refractivity contribution in [1.29, 1.82) is 0 Å². The minimum atomic E-state index is -0.132. The van der Waals surface area contributed by atoms with Crippen LogP contribution in [-0.2, 0) is 13.6 Å². The molecule has 5 nitrogen and oxygen atoms in total. The van der Waals surface area contributed by atoms with Crippen molar-refractivity contribution < 1.29 is 9.53 Å². The van der Waals surface area contributed by atoms with Crippen LogP contribution in [0.1, 0.15) is 28.7 Å². The molecular formula is C15H19N3O2. The molecule has 0 aliphatic rings. The molecule has 0 fully saturated rings. The van der Waals surface area contributed by atoms with E-state index in [1.54, 1.807) is 18.3 Å². The van der Waals surface area contributed by atoms with Gasteiger partial charge in [-0.05, 0) is 32.0 Å². The third kappa shape index (κ3) is 3.17. The highest BCUT2D eigenvalue weighted by Gasteiger charge is 2.08. The molecule has 1 amide bonds. The lowest BCUT2D eigenvalue weighted by Gasteiger charge is -2.08. The maximum atomic E-state index is 12.1. The van der Waals surface area contributed by atoms with Crippen LogP contribution in [0.3, 0.4) is 0 Å². The number of hydrogen-bond donors (Lipinski definition) is 1. The molecule has 2 aromatic heterocycles. The Morgan fingerprint density at radius 1 is 1.40 bits per heavy atom. The molecule has 2 aromatic rings. The molecule has 20 heavy (non-hydrogen) atoms. The summed E-state index contributed by atoms with van der Waals surface area (Å²) < 4.78 is 7.34. The van der Waals surface area contributed by atoms with Crippen LogP contribution in [0.15, 0.2) is 30.5 Å². The molecule has 0 saturated heterocycles. The highest BCUT2D eigenvalue weighted by molar-refractivity contribution is 5.94. The van der Waals surface area contributed by atoms with Crippen LogP contribution in [-0.4, -0.2) is 22.1 Å². The number of rotatable bonds is 5. The predicted octanol–water partition coefficient (Wildman–Crippen LogP) is 2.06. The van der Waals surface area contributed by atoms with E-state index in [0.717, 1.165) is 11.4 Å². The van der Waals surface area contributed by atoms with E-state index in [0.29, 0.717) is 24.6 Å². The van der Waals surface area contributed by atoms with Gasteiger partial charge in [0, 0.05) is 36.3 Å². The summed E-state index contributed by atoms with van der Waals surface area (Å²) in [7, 11) is 1.98. The van der Waals surface area contributed by atoms with Crippen LogP contribution in [0.5, 0.6) is 5.88 Å². The molecule has 0 aromatic carbocycles. The number of carbonyl (C=O) groups excluding carboxylic acids is 1. The second-order valence-corrected chi connectivity index (χ2v) is 4.52. The first-order valence-electron chi connectivity index (χ1n) is 6.60. The highest BCUT2D eigenvalue weighted by atomic mass is 16.5. The molecule has 0 radical (unpaired) electrons. The standard InChI is InChI=1S/C15H19N3O2/c1-4-20-14-9-12(7-8-16-14)15(19)17-10-13-6-5-11(2)18(13)3/h5-9H,4,10H2,1-3H3,(H,17,19). The number of aromatic nitrogens is 2. The summed E-state index contributed by atoms with van der Waals surface area (Å²) in [5, 5.41) is 2.90. The molecule has 2 rings (SSSR count). The van der Waals surface area contributed by atoms with E-state index in [-0.39, 0.29) is 5.91 Å². The normalized spacial score (nSPS) is 10.3. The number of ether oxygens (including phenoxy) is 1. The van der Waals surface area contributed by atoms with Gasteiger partial charge < -0.3 is 14.6 Å². The lowest BCUT2D eigenvalue weighted by atomic mass is 10.2. The van der Waals surface area contributed by atoms with Crippen molar-refractivity contribution in [2.75, 3.05) is 6.61 Å². The third-order valence-corrected chi connectivity index (χ3v) is 3.20. The van der Waals surface area contributed by atoms with Gasteiger partial charge in [-0.3, -0.25) is 4.79 Å². The minimum absolute atomic E-state index is 0.132. The van der Waals surface area contributed by atoms with E-state index in [1.807, 2.05) is 33.0 Å². The molecule has 0 aliphatic carbocycles. The Balaban J connectivity index is 2.01. The van der Waals surface area contributed by atoms with Gasteiger partial charge >= 0.3 is 0 Å². The Morgan fingerprint density at radius 3 is 2.85 bits per heavy atom. The maximum absolute atomic E-state index is 12.1. The van der Waals surface area contributed by atoms with Gasteiger partial charge in [-0.1, -0.05) is 0 Å². The maximum Gasteiger partial charge on any atom is 0.251 e. The van der Waals surface area contributed by atoms with Crippen LogP contribution < -0.4 is 10.1 Å². The zero-order valence-electron chi connectivity index (χ0n) is 12.0. The van der Waals surface area contributed by atoms with E-state index in [2.05, 4.69) is 14.9 Å². The third-order valence-electron chi connectivity index (χ3n) is 3.20. The molecule has 0 saturated carbocycles. The Labute approximate surface area is 118 Å². The Hall–Kier alpha value is -2.30. The number of nitrogens with zero attached hydrogens (tertiary/aromatic N) is 2. The number of aryl methyl sites for hydroxylation is 1. The smallest absolute Gasteiger partial charge is 0.251 e. The first-order chi connectivity index (χ1) is 9.61. The average molecular weight is 273 g/mol. The number of amides is 1. The quantitative estimate of drug-likeness (QED) is 0.907. The van der Waals surface area contributed by atoms with E-state index in [9.17, 15) is 4.79 Å². The first-order valence-corrected chi connectivity index (χ1v) is 6.60. The van der Waals surface area contributed by atoms with Gasteiger partial charge in [-0.15, -0.1) is 0 Å². The summed E-state index contributed by atoms with van der Waals surface area (Å²) in [6.45, 7) is 4.94. The minimum Gasteiger partial charge on any atom is -0.478 e. The van der Waals surface area contributed by atoms with Crippen LogP contribution in [0.2, 0.25) is 0 Å². The largest absolute Gasteiger partial charge is 0.478 e. The molecule has 0 spiro atoms. The van der Waals surface area contributed by atoms with Crippen molar-refractivity contribution in [2.24, 2.45) is 7.05 Å². The topological polar surface area (TPSA) is 56.1 Å². The van der Waals surface area contributed by atoms with Crippen molar-refractivity contribution in [3.8, 4) is 5.88 Å². The Morgan fingerprint density at radius 2 is 2.20 bits per heavy atom. The summed E-state index contributed by atoms with van der Waals surface area (Å²) in [5.74, 6) is 0.335. The monoisotopic (exact) mass is 273 g/mol. The van der Waals surface area contributed by atoms with Gasteiger partial charge in [0.15, 0.2) is 0 Å². The van der Waals surface area contributed by atoms with Crippen LogP contribution in [0.4, 0.5) is 0 Å². The van der Waals surface area contributed by atoms with Gasteiger partial charge in [0.25, 0.3) is 5.91 Å². The average Bonchev–Trinajstić information content (AvgIpc) is 2.77. The zero-order valence-corrected chi connectivity index (χ0v) is 12.0. The number of pyridine rings is 1. The molecule has 1 N–H and O–H groups in total. The first kappa shape index (κ1) is 14.1. The van der Waals surface area contributed by atoms with Crippen LogP contribution >= 0.6 is 0 Å². The van der Waals surface area contributed by atoms with E-state index < -0.39 is 0 Å². The van der Waals surface area contributed by atoms with Gasteiger partial charge in [0.05, 0.1) is 13.2 Å². The summed E-state index contributed by atoms with van der Waals surface area (Å²) in [6, 6.07) is 7.36. The lowest BCUT2D eigenvalue weighted by molar-refractivity contribution is 0.0949. The molecule has 106 valence electrons. The molecule has 0 aliphatic heterocycles. The molecule has 5 heteroatoms.